The van der Waals surface area contributed by atoms with Crippen molar-refractivity contribution in [3.05, 3.63) is 30.1 Å². The third-order valence-corrected chi connectivity index (χ3v) is 6.51. The molecule has 1 saturated carbocycles. The summed E-state index contributed by atoms with van der Waals surface area (Å²) in [7, 11) is -3.84. The monoisotopic (exact) mass is 313 g/mol. The standard InChI is InChI=1S/C14H16FNO4S/c15-11-4-1-5-12(7-11)21(19,20)16-8-10-3-2-6-14(10,9-16)13(17)18/h1,4-5,7,10H,2-3,6,8-9H2,(H,17,18)/t10-,14+/m0/s1. The second-order valence-electron chi connectivity index (χ2n) is 5.81. The number of benzene rings is 1. The van der Waals surface area contributed by atoms with E-state index in [4.69, 9.17) is 0 Å². The highest BCUT2D eigenvalue weighted by molar-refractivity contribution is 7.89. The summed E-state index contributed by atoms with van der Waals surface area (Å²) in [4.78, 5) is 11.5. The zero-order valence-electron chi connectivity index (χ0n) is 11.3. The van der Waals surface area contributed by atoms with Gasteiger partial charge in [-0.1, -0.05) is 12.5 Å². The van der Waals surface area contributed by atoms with Crippen LogP contribution in [0, 0.1) is 17.2 Å². The van der Waals surface area contributed by atoms with E-state index in [-0.39, 0.29) is 23.9 Å². The van der Waals surface area contributed by atoms with Crippen LogP contribution in [0.5, 0.6) is 0 Å². The van der Waals surface area contributed by atoms with Crippen LogP contribution in [0.2, 0.25) is 0 Å². The first-order chi connectivity index (χ1) is 9.86. The smallest absolute Gasteiger partial charge is 0.311 e. The summed E-state index contributed by atoms with van der Waals surface area (Å²) in [5.74, 6) is -1.70. The van der Waals surface area contributed by atoms with Crippen LogP contribution < -0.4 is 0 Å². The Hall–Kier alpha value is -1.47. The first kappa shape index (κ1) is 14.5. The second-order valence-corrected chi connectivity index (χ2v) is 7.74. The topological polar surface area (TPSA) is 74.7 Å². The Kier molecular flexibility index (Phi) is 3.29. The summed E-state index contributed by atoms with van der Waals surface area (Å²) in [5.41, 5.74) is -0.972. The molecule has 0 amide bonds. The molecule has 0 spiro atoms. The molecule has 1 aromatic carbocycles. The van der Waals surface area contributed by atoms with Crippen LogP contribution in [0.4, 0.5) is 4.39 Å². The molecule has 5 nitrogen and oxygen atoms in total. The third kappa shape index (κ3) is 2.15. The van der Waals surface area contributed by atoms with Crippen LogP contribution in [-0.2, 0) is 14.8 Å². The molecule has 7 heteroatoms. The van der Waals surface area contributed by atoms with Gasteiger partial charge in [0.1, 0.15) is 5.82 Å². The number of nitrogens with zero attached hydrogens (tertiary/aromatic N) is 1. The lowest BCUT2D eigenvalue weighted by atomic mass is 9.81. The predicted molar refractivity (Wildman–Crippen MR) is 72.6 cm³/mol. The highest BCUT2D eigenvalue weighted by Crippen LogP contribution is 2.50. The van der Waals surface area contributed by atoms with E-state index in [1.807, 2.05) is 0 Å². The largest absolute Gasteiger partial charge is 0.481 e. The van der Waals surface area contributed by atoms with Gasteiger partial charge in [-0.15, -0.1) is 0 Å². The fraction of sp³-hybridized carbons (Fsp3) is 0.500. The van der Waals surface area contributed by atoms with Gasteiger partial charge in [-0.2, -0.15) is 4.31 Å². The molecule has 0 bridgehead atoms. The number of halogens is 1. The summed E-state index contributed by atoms with van der Waals surface area (Å²) in [6.07, 6.45) is 2.04. The highest BCUT2D eigenvalue weighted by Gasteiger charge is 2.57. The van der Waals surface area contributed by atoms with Crippen molar-refractivity contribution in [2.75, 3.05) is 13.1 Å². The van der Waals surface area contributed by atoms with Gasteiger partial charge in [0.05, 0.1) is 10.3 Å². The van der Waals surface area contributed by atoms with E-state index in [0.717, 1.165) is 18.9 Å². The van der Waals surface area contributed by atoms with Crippen LogP contribution in [0.25, 0.3) is 0 Å². The summed E-state index contributed by atoms with van der Waals surface area (Å²) < 4.78 is 39.5. The Morgan fingerprint density at radius 1 is 1.43 bits per heavy atom. The number of rotatable bonds is 3. The normalized spacial score (nSPS) is 29.5. The lowest BCUT2D eigenvalue weighted by molar-refractivity contribution is -0.149. The molecule has 2 aliphatic rings. The van der Waals surface area contributed by atoms with Crippen molar-refractivity contribution in [1.82, 2.24) is 4.31 Å². The van der Waals surface area contributed by atoms with E-state index in [1.54, 1.807) is 0 Å². The molecule has 21 heavy (non-hydrogen) atoms. The van der Waals surface area contributed by atoms with Crippen molar-refractivity contribution < 1.29 is 22.7 Å². The molecule has 0 radical (unpaired) electrons. The maximum atomic E-state index is 13.2. The molecule has 1 heterocycles. The van der Waals surface area contributed by atoms with Crippen LogP contribution in [-0.4, -0.2) is 36.9 Å². The molecule has 1 aliphatic carbocycles. The second kappa shape index (κ2) is 4.78. The SMILES string of the molecule is O=C(O)[C@@]12CCC[C@H]1CN(S(=O)(=O)c1cccc(F)c1)C2. The highest BCUT2D eigenvalue weighted by atomic mass is 32.2. The zero-order chi connectivity index (χ0) is 15.3. The maximum Gasteiger partial charge on any atom is 0.311 e. The van der Waals surface area contributed by atoms with Gasteiger partial charge in [-0.05, 0) is 37.0 Å². The lowest BCUT2D eigenvalue weighted by Gasteiger charge is -2.23. The van der Waals surface area contributed by atoms with Gasteiger partial charge in [-0.3, -0.25) is 4.79 Å². The molecule has 1 aliphatic heterocycles. The molecule has 114 valence electrons. The number of fused-ring (bicyclic) bond motifs is 1. The van der Waals surface area contributed by atoms with E-state index in [0.29, 0.717) is 6.42 Å². The molecule has 2 atom stereocenters. The van der Waals surface area contributed by atoms with Gasteiger partial charge in [0.15, 0.2) is 0 Å². The lowest BCUT2D eigenvalue weighted by Crippen LogP contribution is -2.37. The third-order valence-electron chi connectivity index (χ3n) is 4.70. The van der Waals surface area contributed by atoms with Crippen LogP contribution >= 0.6 is 0 Å². The van der Waals surface area contributed by atoms with Gasteiger partial charge in [0.2, 0.25) is 10.0 Å². The van der Waals surface area contributed by atoms with E-state index in [9.17, 15) is 22.7 Å². The number of sulfonamides is 1. The zero-order valence-corrected chi connectivity index (χ0v) is 12.1. The Bertz CT molecular complexity index is 690. The Morgan fingerprint density at radius 3 is 2.81 bits per heavy atom. The first-order valence-corrected chi connectivity index (χ1v) is 8.29. The Balaban J connectivity index is 1.94. The molecule has 2 fully saturated rings. The summed E-state index contributed by atoms with van der Waals surface area (Å²) >= 11 is 0. The number of aliphatic carboxylic acids is 1. The minimum Gasteiger partial charge on any atom is -0.481 e. The number of hydrogen-bond acceptors (Lipinski definition) is 3. The number of carbonyl (C=O) groups is 1. The van der Waals surface area contributed by atoms with Gasteiger partial charge in [0, 0.05) is 13.1 Å². The Morgan fingerprint density at radius 2 is 2.19 bits per heavy atom. The number of hydrogen-bond donors (Lipinski definition) is 1. The van der Waals surface area contributed by atoms with Crippen molar-refractivity contribution in [3.8, 4) is 0 Å². The molecule has 0 aromatic heterocycles. The Labute approximate surface area is 122 Å². The fourth-order valence-corrected chi connectivity index (χ4v) is 5.14. The maximum absolute atomic E-state index is 13.2. The van der Waals surface area contributed by atoms with Crippen molar-refractivity contribution in [2.45, 2.75) is 24.2 Å². The molecular formula is C14H16FNO4S. The molecule has 1 aromatic rings. The quantitative estimate of drug-likeness (QED) is 0.921. The summed E-state index contributed by atoms with van der Waals surface area (Å²) in [5, 5.41) is 9.49. The molecule has 0 unspecified atom stereocenters. The van der Waals surface area contributed by atoms with Crippen LogP contribution in [0.15, 0.2) is 29.2 Å². The molecule has 1 N–H and O–H groups in total. The predicted octanol–water partition coefficient (Wildman–Crippen LogP) is 1.70. The van der Waals surface area contributed by atoms with Gasteiger partial charge in [0.25, 0.3) is 0 Å². The van der Waals surface area contributed by atoms with Crippen LogP contribution in [0.3, 0.4) is 0 Å². The minimum atomic E-state index is -3.84. The molecule has 3 rings (SSSR count). The number of carboxylic acids is 1. The van der Waals surface area contributed by atoms with Crippen molar-refractivity contribution in [2.24, 2.45) is 11.3 Å². The number of carboxylic acid groups (broad SMARTS) is 1. The van der Waals surface area contributed by atoms with Gasteiger partial charge >= 0.3 is 5.97 Å². The fourth-order valence-electron chi connectivity index (χ4n) is 3.55. The van der Waals surface area contributed by atoms with Crippen LogP contribution in [0.1, 0.15) is 19.3 Å². The van der Waals surface area contributed by atoms with E-state index in [1.165, 1.54) is 22.5 Å². The van der Waals surface area contributed by atoms with E-state index >= 15 is 0 Å². The minimum absolute atomic E-state index is 0.0220. The average molecular weight is 313 g/mol. The van der Waals surface area contributed by atoms with Gasteiger partial charge < -0.3 is 5.11 Å². The van der Waals surface area contributed by atoms with Crippen molar-refractivity contribution in [3.63, 3.8) is 0 Å². The summed E-state index contributed by atoms with van der Waals surface area (Å²) in [6.45, 7) is 0.178. The van der Waals surface area contributed by atoms with Crippen molar-refractivity contribution >= 4 is 16.0 Å². The average Bonchev–Trinajstić information content (AvgIpc) is 2.96. The van der Waals surface area contributed by atoms with Gasteiger partial charge in [-0.25, -0.2) is 12.8 Å². The molecular weight excluding hydrogens is 297 g/mol. The van der Waals surface area contributed by atoms with E-state index < -0.39 is 27.2 Å². The van der Waals surface area contributed by atoms with Crippen molar-refractivity contribution in [1.29, 1.82) is 0 Å². The first-order valence-electron chi connectivity index (χ1n) is 6.85. The van der Waals surface area contributed by atoms with E-state index in [2.05, 4.69) is 0 Å². The molecule has 1 saturated heterocycles. The summed E-state index contributed by atoms with van der Waals surface area (Å²) in [6, 6.07) is 4.82.